The highest BCUT2D eigenvalue weighted by atomic mass is 127. The Kier molecular flexibility index (Phi) is 12.8. The predicted octanol–water partition coefficient (Wildman–Crippen LogP) is 4.19. The molecule has 6 heteroatoms. The molecule has 1 N–H and O–H groups in total. The molecule has 4 nitrogen and oxygen atoms in total. The van der Waals surface area contributed by atoms with Crippen LogP contribution in [0.3, 0.4) is 0 Å². The second-order valence-corrected chi connectivity index (χ2v) is 7.15. The molecule has 138 valence electrons. The van der Waals surface area contributed by atoms with Gasteiger partial charge in [0.2, 0.25) is 0 Å². The van der Waals surface area contributed by atoms with Gasteiger partial charge in [0.15, 0.2) is 5.96 Å². The Labute approximate surface area is 173 Å². The van der Waals surface area contributed by atoms with Crippen LogP contribution in [-0.2, 0) is 6.54 Å². The van der Waals surface area contributed by atoms with E-state index in [9.17, 15) is 0 Å². The molecule has 0 spiro atoms. The molecule has 24 heavy (non-hydrogen) atoms. The van der Waals surface area contributed by atoms with Crippen LogP contribution in [0.5, 0.6) is 0 Å². The summed E-state index contributed by atoms with van der Waals surface area (Å²) in [5, 5.41) is 3.45. The maximum Gasteiger partial charge on any atom is 0.193 e. The summed E-state index contributed by atoms with van der Waals surface area (Å²) >= 11 is 3.47. The van der Waals surface area contributed by atoms with Crippen molar-refractivity contribution >= 4 is 45.9 Å². The van der Waals surface area contributed by atoms with Crippen LogP contribution in [-0.4, -0.2) is 56.0 Å². The highest BCUT2D eigenvalue weighted by Crippen LogP contribution is 2.11. The lowest BCUT2D eigenvalue weighted by Gasteiger charge is -2.23. The van der Waals surface area contributed by atoms with Crippen LogP contribution in [0.4, 0.5) is 0 Å². The second kappa shape index (κ2) is 12.9. The molecule has 1 rings (SSSR count). The van der Waals surface area contributed by atoms with E-state index in [0.717, 1.165) is 36.5 Å². The molecule has 0 aliphatic rings. The first-order valence-corrected chi connectivity index (χ1v) is 9.09. The summed E-state index contributed by atoms with van der Waals surface area (Å²) in [5.74, 6) is 0.949. The SMILES string of the molecule is CN=C(NCCCCN(C)C(C)C)N(C)Cc1ccc(Br)cc1.I. The van der Waals surface area contributed by atoms with Gasteiger partial charge in [-0.1, -0.05) is 28.1 Å². The Morgan fingerprint density at radius 1 is 1.17 bits per heavy atom. The van der Waals surface area contributed by atoms with Gasteiger partial charge in [-0.2, -0.15) is 0 Å². The summed E-state index contributed by atoms with van der Waals surface area (Å²) < 4.78 is 1.11. The standard InChI is InChI=1S/C18H31BrN4.HI/c1-15(2)22(4)13-7-6-12-21-18(20-3)23(5)14-16-8-10-17(19)11-9-16;/h8-11,15H,6-7,12-14H2,1-5H3,(H,20,21);1H. The molecule has 0 aromatic heterocycles. The smallest absolute Gasteiger partial charge is 0.193 e. The first kappa shape index (κ1) is 23.7. The number of hydrogen-bond donors (Lipinski definition) is 1. The van der Waals surface area contributed by atoms with Gasteiger partial charge >= 0.3 is 0 Å². The topological polar surface area (TPSA) is 30.9 Å². The summed E-state index contributed by atoms with van der Waals surface area (Å²) in [7, 11) is 6.10. The van der Waals surface area contributed by atoms with E-state index >= 15 is 0 Å². The lowest BCUT2D eigenvalue weighted by Crippen LogP contribution is -2.39. The van der Waals surface area contributed by atoms with Crippen molar-refractivity contribution in [2.24, 2.45) is 4.99 Å². The first-order chi connectivity index (χ1) is 10.9. The van der Waals surface area contributed by atoms with Crippen molar-refractivity contribution in [3.05, 3.63) is 34.3 Å². The Morgan fingerprint density at radius 3 is 2.33 bits per heavy atom. The number of nitrogens with zero attached hydrogens (tertiary/aromatic N) is 3. The fourth-order valence-electron chi connectivity index (χ4n) is 2.27. The van der Waals surface area contributed by atoms with E-state index < -0.39 is 0 Å². The van der Waals surface area contributed by atoms with Gasteiger partial charge in [0.1, 0.15) is 0 Å². The zero-order chi connectivity index (χ0) is 17.2. The predicted molar refractivity (Wildman–Crippen MR) is 119 cm³/mol. The van der Waals surface area contributed by atoms with Crippen LogP contribution < -0.4 is 5.32 Å². The van der Waals surface area contributed by atoms with Gasteiger partial charge < -0.3 is 15.1 Å². The first-order valence-electron chi connectivity index (χ1n) is 8.30. The fourth-order valence-corrected chi connectivity index (χ4v) is 2.53. The second-order valence-electron chi connectivity index (χ2n) is 6.24. The molecule has 0 atom stereocenters. The van der Waals surface area contributed by atoms with Crippen LogP contribution in [0.15, 0.2) is 33.7 Å². The monoisotopic (exact) mass is 510 g/mol. The molecule has 1 aromatic carbocycles. The molecule has 0 radical (unpaired) electrons. The third-order valence-corrected chi connectivity index (χ3v) is 4.54. The zero-order valence-corrected chi connectivity index (χ0v) is 19.5. The minimum atomic E-state index is 0. The third kappa shape index (κ3) is 9.22. The van der Waals surface area contributed by atoms with Crippen molar-refractivity contribution in [3.63, 3.8) is 0 Å². The van der Waals surface area contributed by atoms with Crippen molar-refractivity contribution in [1.82, 2.24) is 15.1 Å². The molecule has 0 saturated heterocycles. The quantitative estimate of drug-likeness (QED) is 0.246. The van der Waals surface area contributed by atoms with Crippen molar-refractivity contribution in [3.8, 4) is 0 Å². The highest BCUT2D eigenvalue weighted by Gasteiger charge is 2.07. The number of hydrogen-bond acceptors (Lipinski definition) is 2. The molecule has 0 bridgehead atoms. The number of rotatable bonds is 8. The van der Waals surface area contributed by atoms with Gasteiger partial charge in [0.05, 0.1) is 0 Å². The van der Waals surface area contributed by atoms with Crippen LogP contribution in [0.2, 0.25) is 0 Å². The van der Waals surface area contributed by atoms with Gasteiger partial charge in [-0.05, 0) is 58.0 Å². The number of unbranched alkanes of at least 4 members (excludes halogenated alkanes) is 1. The van der Waals surface area contributed by atoms with E-state index in [1.807, 2.05) is 7.05 Å². The number of benzene rings is 1. The molecule has 0 unspecified atom stereocenters. The summed E-state index contributed by atoms with van der Waals surface area (Å²) in [6, 6.07) is 9.04. The minimum Gasteiger partial charge on any atom is -0.356 e. The maximum atomic E-state index is 4.37. The average molecular weight is 511 g/mol. The van der Waals surface area contributed by atoms with Crippen LogP contribution >= 0.6 is 39.9 Å². The van der Waals surface area contributed by atoms with Gasteiger partial charge in [0, 0.05) is 37.7 Å². The number of guanidine groups is 1. The van der Waals surface area contributed by atoms with Gasteiger partial charge in [-0.15, -0.1) is 24.0 Å². The van der Waals surface area contributed by atoms with Crippen LogP contribution in [0.1, 0.15) is 32.3 Å². The molecule has 0 heterocycles. The average Bonchev–Trinajstić information content (AvgIpc) is 2.52. The number of halogens is 2. The summed E-state index contributed by atoms with van der Waals surface area (Å²) in [6.07, 6.45) is 2.36. The molecule has 0 saturated carbocycles. The molecular weight excluding hydrogens is 479 g/mol. The van der Waals surface area contributed by atoms with E-state index in [4.69, 9.17) is 0 Å². The fraction of sp³-hybridized carbons (Fsp3) is 0.611. The van der Waals surface area contributed by atoms with E-state index in [-0.39, 0.29) is 24.0 Å². The van der Waals surface area contributed by atoms with Gasteiger partial charge in [-0.25, -0.2) is 0 Å². The molecule has 0 aliphatic carbocycles. The summed E-state index contributed by atoms with van der Waals surface area (Å²) in [5.41, 5.74) is 1.28. The van der Waals surface area contributed by atoms with E-state index in [1.165, 1.54) is 12.0 Å². The van der Waals surface area contributed by atoms with Gasteiger partial charge in [0.25, 0.3) is 0 Å². The normalized spacial score (nSPS) is 11.6. The molecule has 0 fully saturated rings. The maximum absolute atomic E-state index is 4.37. The van der Waals surface area contributed by atoms with Gasteiger partial charge in [-0.3, -0.25) is 4.99 Å². The third-order valence-electron chi connectivity index (χ3n) is 4.01. The lowest BCUT2D eigenvalue weighted by atomic mass is 10.2. The Hall–Kier alpha value is -0.340. The van der Waals surface area contributed by atoms with Crippen LogP contribution in [0, 0.1) is 0 Å². The van der Waals surface area contributed by atoms with Crippen molar-refractivity contribution in [2.75, 3.05) is 34.2 Å². The molecule has 0 aliphatic heterocycles. The highest BCUT2D eigenvalue weighted by molar-refractivity contribution is 14.0. The van der Waals surface area contributed by atoms with Crippen molar-refractivity contribution < 1.29 is 0 Å². The van der Waals surface area contributed by atoms with E-state index in [0.29, 0.717) is 6.04 Å². The van der Waals surface area contributed by atoms with E-state index in [1.54, 1.807) is 0 Å². The van der Waals surface area contributed by atoms with Crippen LogP contribution in [0.25, 0.3) is 0 Å². The zero-order valence-electron chi connectivity index (χ0n) is 15.6. The minimum absolute atomic E-state index is 0. The number of aliphatic imine (C=N–C) groups is 1. The Morgan fingerprint density at radius 2 is 1.79 bits per heavy atom. The molecule has 1 aromatic rings. The van der Waals surface area contributed by atoms with Crippen molar-refractivity contribution in [1.29, 1.82) is 0 Å². The Balaban J connectivity index is 0.00000529. The molecular formula is C18H32BrIN4. The Bertz CT molecular complexity index is 476. The van der Waals surface area contributed by atoms with E-state index in [2.05, 4.69) is 88.2 Å². The summed E-state index contributed by atoms with van der Waals surface area (Å²) in [6.45, 7) is 7.42. The largest absolute Gasteiger partial charge is 0.356 e. The molecule has 0 amide bonds. The summed E-state index contributed by atoms with van der Waals surface area (Å²) in [4.78, 5) is 8.91. The number of nitrogens with one attached hydrogen (secondary N) is 1. The lowest BCUT2D eigenvalue weighted by molar-refractivity contribution is 0.268. The van der Waals surface area contributed by atoms with Crippen molar-refractivity contribution in [2.45, 2.75) is 39.3 Å².